The highest BCUT2D eigenvalue weighted by Gasteiger charge is 2.30. The van der Waals surface area contributed by atoms with Crippen molar-refractivity contribution in [2.24, 2.45) is 0 Å². The molecular formula is C11H11F2NO4. The van der Waals surface area contributed by atoms with Crippen LogP contribution in [0.4, 0.5) is 8.78 Å². The third kappa shape index (κ3) is 3.24. The number of carbonyl (C=O) groups excluding carboxylic acids is 1. The third-order valence-corrected chi connectivity index (χ3v) is 2.24. The molecule has 0 aliphatic carbocycles. The zero-order valence-corrected chi connectivity index (χ0v) is 9.41. The Morgan fingerprint density at radius 3 is 2.44 bits per heavy atom. The number of nitrogens with one attached hydrogen (secondary N) is 1. The Morgan fingerprint density at radius 1 is 1.33 bits per heavy atom. The lowest BCUT2D eigenvalue weighted by Gasteiger charge is -2.18. The van der Waals surface area contributed by atoms with E-state index in [-0.39, 0.29) is 5.56 Å². The summed E-state index contributed by atoms with van der Waals surface area (Å²) in [5, 5.41) is 20.0. The van der Waals surface area contributed by atoms with Crippen LogP contribution < -0.4 is 5.32 Å². The smallest absolute Gasteiger partial charge is 0.337 e. The zero-order chi connectivity index (χ0) is 13.9. The standard InChI is InChI=1S/C11H11F2NO4/c1-11(18,10(16)17)5-14-9(15)6-2-3-7(12)8(13)4-6/h2-4,18H,5H2,1H3,(H,14,15)(H,16,17). The topological polar surface area (TPSA) is 86.6 Å². The van der Waals surface area contributed by atoms with Crippen LogP contribution in [0.15, 0.2) is 18.2 Å². The molecule has 1 aromatic rings. The van der Waals surface area contributed by atoms with Crippen LogP contribution in [0, 0.1) is 11.6 Å². The van der Waals surface area contributed by atoms with Crippen molar-refractivity contribution in [3.63, 3.8) is 0 Å². The van der Waals surface area contributed by atoms with Gasteiger partial charge in [-0.25, -0.2) is 13.6 Å². The summed E-state index contributed by atoms with van der Waals surface area (Å²) in [6.07, 6.45) is 0. The number of hydrogen-bond donors (Lipinski definition) is 3. The van der Waals surface area contributed by atoms with E-state index in [1.54, 1.807) is 0 Å². The lowest BCUT2D eigenvalue weighted by Crippen LogP contribution is -2.46. The molecule has 0 saturated carbocycles. The number of amides is 1. The number of hydrogen-bond acceptors (Lipinski definition) is 3. The lowest BCUT2D eigenvalue weighted by molar-refractivity contribution is -0.155. The predicted molar refractivity (Wildman–Crippen MR) is 57.0 cm³/mol. The molecular weight excluding hydrogens is 248 g/mol. The van der Waals surface area contributed by atoms with Crippen LogP contribution >= 0.6 is 0 Å². The highest BCUT2D eigenvalue weighted by Crippen LogP contribution is 2.09. The minimum absolute atomic E-state index is 0.171. The van der Waals surface area contributed by atoms with E-state index < -0.39 is 35.7 Å². The first-order valence-electron chi connectivity index (χ1n) is 4.93. The summed E-state index contributed by atoms with van der Waals surface area (Å²) in [5.41, 5.74) is -2.30. The Balaban J connectivity index is 2.72. The van der Waals surface area contributed by atoms with Gasteiger partial charge in [-0.1, -0.05) is 0 Å². The highest BCUT2D eigenvalue weighted by atomic mass is 19.2. The maximum atomic E-state index is 12.8. The quantitative estimate of drug-likeness (QED) is 0.736. The van der Waals surface area contributed by atoms with Gasteiger partial charge in [0.05, 0.1) is 6.54 Å². The summed E-state index contributed by atoms with van der Waals surface area (Å²) in [6, 6.07) is 2.50. The van der Waals surface area contributed by atoms with Crippen molar-refractivity contribution in [2.75, 3.05) is 6.54 Å². The van der Waals surface area contributed by atoms with Gasteiger partial charge in [-0.15, -0.1) is 0 Å². The summed E-state index contributed by atoms with van der Waals surface area (Å²) >= 11 is 0. The molecule has 5 nitrogen and oxygen atoms in total. The molecule has 0 saturated heterocycles. The minimum atomic E-state index is -2.13. The maximum Gasteiger partial charge on any atom is 0.337 e. The molecule has 98 valence electrons. The van der Waals surface area contributed by atoms with Crippen molar-refractivity contribution in [3.8, 4) is 0 Å². The van der Waals surface area contributed by atoms with Gasteiger partial charge in [-0.05, 0) is 25.1 Å². The number of carboxylic acid groups (broad SMARTS) is 1. The molecule has 1 atom stereocenters. The van der Waals surface area contributed by atoms with Gasteiger partial charge in [-0.3, -0.25) is 4.79 Å². The van der Waals surface area contributed by atoms with Gasteiger partial charge in [0.1, 0.15) is 0 Å². The van der Waals surface area contributed by atoms with E-state index in [9.17, 15) is 23.5 Å². The average Bonchev–Trinajstić information content (AvgIpc) is 2.29. The Hall–Kier alpha value is -2.02. The molecule has 0 spiro atoms. The van der Waals surface area contributed by atoms with Gasteiger partial charge in [-0.2, -0.15) is 0 Å². The van der Waals surface area contributed by atoms with Crippen molar-refractivity contribution >= 4 is 11.9 Å². The van der Waals surface area contributed by atoms with Gasteiger partial charge in [0.15, 0.2) is 17.2 Å². The predicted octanol–water partition coefficient (Wildman–Crippen LogP) is 0.530. The van der Waals surface area contributed by atoms with Crippen molar-refractivity contribution in [1.29, 1.82) is 0 Å². The second kappa shape index (κ2) is 5.09. The maximum absolute atomic E-state index is 12.8. The van der Waals surface area contributed by atoms with Gasteiger partial charge < -0.3 is 15.5 Å². The molecule has 0 aliphatic heterocycles. The van der Waals surface area contributed by atoms with E-state index in [4.69, 9.17) is 5.11 Å². The van der Waals surface area contributed by atoms with E-state index >= 15 is 0 Å². The monoisotopic (exact) mass is 259 g/mol. The number of benzene rings is 1. The number of aliphatic carboxylic acids is 1. The second-order valence-corrected chi connectivity index (χ2v) is 3.89. The number of aliphatic hydroxyl groups is 1. The van der Waals surface area contributed by atoms with Crippen molar-refractivity contribution in [1.82, 2.24) is 5.32 Å². The zero-order valence-electron chi connectivity index (χ0n) is 9.41. The molecule has 0 aliphatic rings. The van der Waals surface area contributed by atoms with Gasteiger partial charge in [0, 0.05) is 5.56 Å². The summed E-state index contributed by atoms with van der Waals surface area (Å²) < 4.78 is 25.5. The Morgan fingerprint density at radius 2 is 1.94 bits per heavy atom. The lowest BCUT2D eigenvalue weighted by atomic mass is 10.1. The van der Waals surface area contributed by atoms with E-state index in [1.165, 1.54) is 0 Å². The summed E-state index contributed by atoms with van der Waals surface area (Å²) in [7, 11) is 0. The molecule has 0 aromatic heterocycles. The van der Waals surface area contributed by atoms with Crippen LogP contribution in [0.3, 0.4) is 0 Å². The second-order valence-electron chi connectivity index (χ2n) is 3.89. The first-order chi connectivity index (χ1) is 8.24. The molecule has 1 rings (SSSR count). The summed E-state index contributed by atoms with van der Waals surface area (Å²) in [6.45, 7) is 0.445. The fourth-order valence-corrected chi connectivity index (χ4v) is 1.07. The van der Waals surface area contributed by atoms with E-state index in [0.717, 1.165) is 19.1 Å². The van der Waals surface area contributed by atoms with E-state index in [0.29, 0.717) is 6.07 Å². The molecule has 3 N–H and O–H groups in total. The van der Waals surface area contributed by atoms with Crippen LogP contribution in [0.1, 0.15) is 17.3 Å². The van der Waals surface area contributed by atoms with E-state index in [2.05, 4.69) is 5.32 Å². The van der Waals surface area contributed by atoms with Gasteiger partial charge in [0.2, 0.25) is 0 Å². The van der Waals surface area contributed by atoms with E-state index in [1.807, 2.05) is 0 Å². The average molecular weight is 259 g/mol. The SMILES string of the molecule is CC(O)(CNC(=O)c1ccc(F)c(F)c1)C(=O)O. The molecule has 1 unspecified atom stereocenters. The van der Waals surface area contributed by atoms with Crippen LogP contribution in [0.2, 0.25) is 0 Å². The molecule has 1 aromatic carbocycles. The summed E-state index contributed by atoms with van der Waals surface area (Å²) in [4.78, 5) is 22.0. The number of carboxylic acids is 1. The fourth-order valence-electron chi connectivity index (χ4n) is 1.07. The molecule has 7 heteroatoms. The number of carbonyl (C=O) groups is 2. The highest BCUT2D eigenvalue weighted by molar-refractivity contribution is 5.94. The molecule has 18 heavy (non-hydrogen) atoms. The van der Waals surface area contributed by atoms with Gasteiger partial charge >= 0.3 is 5.97 Å². The number of halogens is 2. The molecule has 0 bridgehead atoms. The normalized spacial score (nSPS) is 13.8. The van der Waals surface area contributed by atoms with Crippen molar-refractivity contribution in [2.45, 2.75) is 12.5 Å². The third-order valence-electron chi connectivity index (χ3n) is 2.24. The first kappa shape index (κ1) is 14.0. The Bertz CT molecular complexity index is 488. The minimum Gasteiger partial charge on any atom is -0.479 e. The van der Waals surface area contributed by atoms with Crippen molar-refractivity contribution < 1.29 is 28.6 Å². The Kier molecular flexibility index (Phi) is 3.97. The summed E-state index contributed by atoms with van der Waals surface area (Å²) in [5.74, 6) is -4.60. The van der Waals surface area contributed by atoms with Gasteiger partial charge in [0.25, 0.3) is 5.91 Å². The van der Waals surface area contributed by atoms with Crippen LogP contribution in [0.5, 0.6) is 0 Å². The molecule has 0 heterocycles. The molecule has 0 fully saturated rings. The van der Waals surface area contributed by atoms with Crippen molar-refractivity contribution in [3.05, 3.63) is 35.4 Å². The largest absolute Gasteiger partial charge is 0.479 e. The Labute approximate surface area is 101 Å². The van der Waals surface area contributed by atoms with Crippen LogP contribution in [0.25, 0.3) is 0 Å². The molecule has 1 amide bonds. The molecule has 0 radical (unpaired) electrons. The van der Waals surface area contributed by atoms with Crippen LogP contribution in [-0.2, 0) is 4.79 Å². The number of rotatable bonds is 4. The first-order valence-corrected chi connectivity index (χ1v) is 4.93. The fraction of sp³-hybridized carbons (Fsp3) is 0.273. The van der Waals surface area contributed by atoms with Crippen LogP contribution in [-0.4, -0.2) is 34.2 Å².